The van der Waals surface area contributed by atoms with Crippen molar-refractivity contribution in [1.82, 2.24) is 0 Å². The molecule has 2 aliphatic heterocycles. The average molecular weight is 248 g/mol. The van der Waals surface area contributed by atoms with Crippen LogP contribution in [-0.4, -0.2) is 24.3 Å². The van der Waals surface area contributed by atoms with E-state index < -0.39 is 0 Å². The largest absolute Gasteiger partial charge is 0.458 e. The van der Waals surface area contributed by atoms with Crippen molar-refractivity contribution in [2.45, 2.75) is 38.4 Å². The van der Waals surface area contributed by atoms with Crippen molar-refractivity contribution < 1.29 is 14.3 Å². The molecule has 0 spiro atoms. The van der Waals surface area contributed by atoms with E-state index in [0.717, 1.165) is 19.4 Å². The van der Waals surface area contributed by atoms with Crippen LogP contribution in [0.2, 0.25) is 0 Å². The lowest BCUT2D eigenvalue weighted by molar-refractivity contribution is -0.141. The van der Waals surface area contributed by atoms with Crippen molar-refractivity contribution in [1.29, 1.82) is 0 Å². The molecule has 3 rings (SSSR count). The molecule has 18 heavy (non-hydrogen) atoms. The first kappa shape index (κ1) is 12.0. The minimum atomic E-state index is -0.223. The Balaban J connectivity index is 1.93. The van der Waals surface area contributed by atoms with Crippen molar-refractivity contribution in [2.75, 3.05) is 6.61 Å². The number of rotatable bonds is 2. The van der Waals surface area contributed by atoms with E-state index in [-0.39, 0.29) is 29.0 Å². The Kier molecular flexibility index (Phi) is 2.31. The maximum atomic E-state index is 11.6. The molecule has 3 heteroatoms. The van der Waals surface area contributed by atoms with Gasteiger partial charge in [0.1, 0.15) is 6.10 Å². The normalized spacial score (nSPS) is 50.7. The summed E-state index contributed by atoms with van der Waals surface area (Å²) in [5, 5.41) is 0. The van der Waals surface area contributed by atoms with E-state index in [0.29, 0.717) is 11.5 Å². The molecule has 3 nitrogen and oxygen atoms in total. The first-order valence-corrected chi connectivity index (χ1v) is 6.57. The Labute approximate surface area is 108 Å². The number of fused-ring (bicyclic) bond motifs is 1. The summed E-state index contributed by atoms with van der Waals surface area (Å²) in [5.41, 5.74) is 0.553. The van der Waals surface area contributed by atoms with Crippen LogP contribution in [0.5, 0.6) is 0 Å². The second kappa shape index (κ2) is 3.47. The molecule has 1 saturated carbocycles. The smallest absolute Gasteiger partial charge is 0.334 e. The Hall–Kier alpha value is -1.09. The highest BCUT2D eigenvalue weighted by Gasteiger charge is 2.59. The zero-order chi connectivity index (χ0) is 13.1. The lowest BCUT2D eigenvalue weighted by atomic mass is 9.59. The molecule has 0 aromatic heterocycles. The molecule has 0 radical (unpaired) electrons. The van der Waals surface area contributed by atoms with Gasteiger partial charge in [0.15, 0.2) is 0 Å². The maximum Gasteiger partial charge on any atom is 0.334 e. The molecular formula is C15H20O3. The quantitative estimate of drug-likeness (QED) is 0.326. The number of hydrogen-bond donors (Lipinski definition) is 0. The van der Waals surface area contributed by atoms with Crippen LogP contribution in [0, 0.1) is 17.3 Å². The molecule has 0 N–H and O–H groups in total. The van der Waals surface area contributed by atoms with Gasteiger partial charge in [-0.05, 0) is 31.1 Å². The van der Waals surface area contributed by atoms with Crippen molar-refractivity contribution in [2.24, 2.45) is 17.3 Å². The van der Waals surface area contributed by atoms with Gasteiger partial charge in [-0.3, -0.25) is 0 Å². The monoisotopic (exact) mass is 248 g/mol. The van der Waals surface area contributed by atoms with Gasteiger partial charge >= 0.3 is 5.97 Å². The standard InChI is InChI=1S/C15H20O3/c1-5-14(3)7-11-10(9(2)13(16)18-11)6-12(14)15(4)8-17-15/h5,10-12H,1-2,6-8H2,3-4H3/t10-,11-,12-,14+,15-/m1/s1. The fourth-order valence-corrected chi connectivity index (χ4v) is 3.74. The lowest BCUT2D eigenvalue weighted by Gasteiger charge is -2.45. The third-order valence-corrected chi connectivity index (χ3v) is 5.15. The summed E-state index contributed by atoms with van der Waals surface area (Å²) in [4.78, 5) is 11.6. The van der Waals surface area contributed by atoms with Gasteiger partial charge in [0.05, 0.1) is 12.2 Å². The second-order valence-electron chi connectivity index (χ2n) is 6.38. The summed E-state index contributed by atoms with van der Waals surface area (Å²) < 4.78 is 11.1. The number of allylic oxidation sites excluding steroid dienone is 1. The Morgan fingerprint density at radius 1 is 1.44 bits per heavy atom. The molecule has 5 atom stereocenters. The highest BCUT2D eigenvalue weighted by molar-refractivity contribution is 5.90. The third kappa shape index (κ3) is 1.50. The molecule has 0 amide bonds. The minimum Gasteiger partial charge on any atom is -0.458 e. The maximum absolute atomic E-state index is 11.6. The van der Waals surface area contributed by atoms with Gasteiger partial charge in [-0.15, -0.1) is 6.58 Å². The van der Waals surface area contributed by atoms with Crippen LogP contribution in [0.15, 0.2) is 24.8 Å². The van der Waals surface area contributed by atoms with Crippen LogP contribution in [0.25, 0.3) is 0 Å². The van der Waals surface area contributed by atoms with E-state index in [1.807, 2.05) is 6.08 Å². The van der Waals surface area contributed by atoms with Crippen LogP contribution in [0.3, 0.4) is 0 Å². The zero-order valence-corrected chi connectivity index (χ0v) is 11.1. The van der Waals surface area contributed by atoms with Gasteiger partial charge in [0.25, 0.3) is 0 Å². The number of ether oxygens (including phenoxy) is 2. The highest BCUT2D eigenvalue weighted by atomic mass is 16.6. The number of carbonyl (C=O) groups excluding carboxylic acids is 1. The molecule has 98 valence electrons. The third-order valence-electron chi connectivity index (χ3n) is 5.15. The highest BCUT2D eigenvalue weighted by Crippen LogP contribution is 2.57. The molecule has 3 aliphatic rings. The molecule has 2 saturated heterocycles. The predicted molar refractivity (Wildman–Crippen MR) is 67.9 cm³/mol. The minimum absolute atomic E-state index is 0.0217. The SMILES string of the molecule is C=C[C@@]1(C)C[C@H]2OC(=O)C(=C)[C@H]2C[C@H]1[C@@]1(C)CO1. The fourth-order valence-electron chi connectivity index (χ4n) is 3.74. The Bertz CT molecular complexity index is 435. The predicted octanol–water partition coefficient (Wildman–Crippen LogP) is 2.48. The summed E-state index contributed by atoms with van der Waals surface area (Å²) >= 11 is 0. The van der Waals surface area contributed by atoms with Crippen LogP contribution >= 0.6 is 0 Å². The summed E-state index contributed by atoms with van der Waals surface area (Å²) in [6.45, 7) is 13.0. The van der Waals surface area contributed by atoms with Crippen LogP contribution in [0.1, 0.15) is 26.7 Å². The van der Waals surface area contributed by atoms with Gasteiger partial charge < -0.3 is 9.47 Å². The Morgan fingerprint density at radius 2 is 2.11 bits per heavy atom. The van der Waals surface area contributed by atoms with Crippen molar-refractivity contribution in [3.8, 4) is 0 Å². The first-order valence-electron chi connectivity index (χ1n) is 6.57. The van der Waals surface area contributed by atoms with Gasteiger partial charge in [-0.25, -0.2) is 4.79 Å². The van der Waals surface area contributed by atoms with E-state index in [9.17, 15) is 4.79 Å². The van der Waals surface area contributed by atoms with E-state index in [1.54, 1.807) is 0 Å². The number of carbonyl (C=O) groups is 1. The molecule has 0 aromatic rings. The van der Waals surface area contributed by atoms with Gasteiger partial charge in [0.2, 0.25) is 0 Å². The summed E-state index contributed by atoms with van der Waals surface area (Å²) in [6.07, 6.45) is 3.73. The fraction of sp³-hybridized carbons (Fsp3) is 0.667. The molecule has 0 unspecified atom stereocenters. The molecule has 0 aromatic carbocycles. The Morgan fingerprint density at radius 3 is 2.67 bits per heavy atom. The molecule has 1 aliphatic carbocycles. The second-order valence-corrected chi connectivity index (χ2v) is 6.38. The summed E-state index contributed by atoms with van der Waals surface area (Å²) in [6, 6.07) is 0. The zero-order valence-electron chi connectivity index (χ0n) is 11.1. The topological polar surface area (TPSA) is 38.8 Å². The number of esters is 1. The van der Waals surface area contributed by atoms with E-state index in [1.165, 1.54) is 0 Å². The lowest BCUT2D eigenvalue weighted by Crippen LogP contribution is -2.45. The van der Waals surface area contributed by atoms with Crippen molar-refractivity contribution >= 4 is 5.97 Å². The first-order chi connectivity index (χ1) is 8.39. The van der Waals surface area contributed by atoms with E-state index in [4.69, 9.17) is 9.47 Å². The summed E-state index contributed by atoms with van der Waals surface area (Å²) in [5.74, 6) is 0.325. The van der Waals surface area contributed by atoms with E-state index in [2.05, 4.69) is 27.0 Å². The molecule has 2 heterocycles. The van der Waals surface area contributed by atoms with Gasteiger partial charge in [-0.2, -0.15) is 0 Å². The van der Waals surface area contributed by atoms with Crippen LogP contribution in [0.4, 0.5) is 0 Å². The number of epoxide rings is 1. The van der Waals surface area contributed by atoms with Crippen LogP contribution < -0.4 is 0 Å². The molecule has 0 bridgehead atoms. The van der Waals surface area contributed by atoms with Gasteiger partial charge in [0, 0.05) is 11.5 Å². The van der Waals surface area contributed by atoms with E-state index >= 15 is 0 Å². The van der Waals surface area contributed by atoms with Gasteiger partial charge in [-0.1, -0.05) is 19.6 Å². The molecule has 3 fully saturated rings. The average Bonchev–Trinajstić information content (AvgIpc) is 3.01. The van der Waals surface area contributed by atoms with Crippen molar-refractivity contribution in [3.63, 3.8) is 0 Å². The summed E-state index contributed by atoms with van der Waals surface area (Å²) in [7, 11) is 0. The number of hydrogen-bond acceptors (Lipinski definition) is 3. The van der Waals surface area contributed by atoms with Crippen molar-refractivity contribution in [3.05, 3.63) is 24.8 Å². The van der Waals surface area contributed by atoms with Crippen LogP contribution in [-0.2, 0) is 14.3 Å². The molecular weight excluding hydrogens is 228 g/mol.